The highest BCUT2D eigenvalue weighted by molar-refractivity contribution is 8.18. The summed E-state index contributed by atoms with van der Waals surface area (Å²) in [4.78, 5) is 37.3. The number of hydrogen-bond acceptors (Lipinski definition) is 5. The highest BCUT2D eigenvalue weighted by Gasteiger charge is 2.27. The minimum atomic E-state index is -1.02. The van der Waals surface area contributed by atoms with Gasteiger partial charge in [0.25, 0.3) is 11.1 Å². The van der Waals surface area contributed by atoms with Gasteiger partial charge in [0.15, 0.2) is 17.4 Å². The van der Waals surface area contributed by atoms with E-state index in [4.69, 9.17) is 16.3 Å². The summed E-state index contributed by atoms with van der Waals surface area (Å²) >= 11 is 7.39. The van der Waals surface area contributed by atoms with E-state index in [1.165, 1.54) is 6.07 Å². The molecular formula is C30H23ClF2N2O4S. The first kappa shape index (κ1) is 27.6. The van der Waals surface area contributed by atoms with E-state index in [2.05, 4.69) is 5.32 Å². The molecule has 1 aromatic heterocycles. The topological polar surface area (TPSA) is 77.4 Å². The Morgan fingerprint density at radius 3 is 2.50 bits per heavy atom. The molecule has 0 bridgehead atoms. The number of pyridine rings is 1. The van der Waals surface area contributed by atoms with Crippen molar-refractivity contribution in [3.05, 3.63) is 104 Å². The van der Waals surface area contributed by atoms with Crippen LogP contribution in [-0.4, -0.2) is 22.3 Å². The van der Waals surface area contributed by atoms with Crippen LogP contribution in [0.2, 0.25) is 5.02 Å². The Labute approximate surface area is 237 Å². The molecular weight excluding hydrogens is 558 g/mol. The standard InChI is InChI=1S/C30H23ClF2N2O4S/c1-16(28-29(37)34-30(38)40-28)18-10-9-17(21(31)14-18)6-5-13-39-27-25(19-11-12-22(32)23(33)15-19)35(2)24-8-4-3-7-20(24)26(27)36/h3-4,7-12,14-15H,5-6,13H2,1-2H3,(H,34,37,38)/b28-16+. The number of aromatic nitrogens is 1. The molecule has 0 spiro atoms. The lowest BCUT2D eigenvalue weighted by Gasteiger charge is -2.18. The van der Waals surface area contributed by atoms with E-state index in [0.717, 1.165) is 35.0 Å². The Bertz CT molecular complexity index is 1780. The Balaban J connectivity index is 1.37. The fourth-order valence-corrected chi connectivity index (χ4v) is 5.69. The second-order valence-electron chi connectivity index (χ2n) is 9.27. The van der Waals surface area contributed by atoms with Gasteiger partial charge in [0.1, 0.15) is 0 Å². The van der Waals surface area contributed by atoms with Crippen LogP contribution in [0.25, 0.3) is 27.7 Å². The van der Waals surface area contributed by atoms with E-state index in [1.54, 1.807) is 48.9 Å². The van der Waals surface area contributed by atoms with Crippen LogP contribution in [0.3, 0.4) is 0 Å². The van der Waals surface area contributed by atoms with Crippen molar-refractivity contribution in [3.8, 4) is 17.0 Å². The number of halogens is 3. The number of carbonyl (C=O) groups excluding carboxylic acids is 2. The van der Waals surface area contributed by atoms with Gasteiger partial charge in [-0.15, -0.1) is 0 Å². The molecule has 0 saturated carbocycles. The predicted molar refractivity (Wildman–Crippen MR) is 154 cm³/mol. The van der Waals surface area contributed by atoms with Gasteiger partial charge >= 0.3 is 0 Å². The Morgan fingerprint density at radius 2 is 1.80 bits per heavy atom. The molecule has 0 unspecified atom stereocenters. The molecule has 1 saturated heterocycles. The van der Waals surface area contributed by atoms with E-state index in [1.807, 2.05) is 12.1 Å². The molecule has 1 N–H and O–H groups in total. The summed E-state index contributed by atoms with van der Waals surface area (Å²) in [6, 6.07) is 15.9. The molecule has 1 aliphatic rings. The minimum absolute atomic E-state index is 0.0535. The van der Waals surface area contributed by atoms with Gasteiger partial charge in [-0.1, -0.05) is 35.9 Å². The van der Waals surface area contributed by atoms with Crippen molar-refractivity contribution in [1.29, 1.82) is 0 Å². The molecule has 40 heavy (non-hydrogen) atoms. The van der Waals surface area contributed by atoms with Crippen molar-refractivity contribution in [2.75, 3.05) is 6.61 Å². The summed E-state index contributed by atoms with van der Waals surface area (Å²) in [6.45, 7) is 1.93. The van der Waals surface area contributed by atoms with Gasteiger partial charge in [0.2, 0.25) is 5.43 Å². The van der Waals surface area contributed by atoms with E-state index in [0.29, 0.717) is 50.5 Å². The number of carbonyl (C=O) groups is 2. The lowest BCUT2D eigenvalue weighted by Crippen LogP contribution is -2.18. The van der Waals surface area contributed by atoms with E-state index < -0.39 is 22.8 Å². The number of nitrogens with zero attached hydrogens (tertiary/aromatic N) is 1. The summed E-state index contributed by atoms with van der Waals surface area (Å²) in [5.74, 6) is -2.37. The Hall–Kier alpha value is -3.95. The maximum atomic E-state index is 14.1. The van der Waals surface area contributed by atoms with Crippen molar-refractivity contribution < 1.29 is 23.1 Å². The number of thioether (sulfide) groups is 1. The van der Waals surface area contributed by atoms with Crippen molar-refractivity contribution in [3.63, 3.8) is 0 Å². The average molecular weight is 581 g/mol. The molecule has 3 aromatic carbocycles. The second kappa shape index (κ2) is 11.3. The zero-order valence-corrected chi connectivity index (χ0v) is 23.1. The van der Waals surface area contributed by atoms with Crippen LogP contribution in [0.4, 0.5) is 13.6 Å². The lowest BCUT2D eigenvalue weighted by atomic mass is 10.0. The highest BCUT2D eigenvalue weighted by Crippen LogP contribution is 2.34. The third-order valence-electron chi connectivity index (χ3n) is 6.74. The fraction of sp³-hybridized carbons (Fsp3) is 0.167. The normalized spacial score (nSPS) is 14.5. The molecule has 0 atom stereocenters. The SMILES string of the molecule is C/C(=C1\SC(=O)NC1=O)c1ccc(CCCOc2c(-c3ccc(F)c(F)c3)n(C)c3ccccc3c2=O)c(Cl)c1. The number of benzene rings is 3. The lowest BCUT2D eigenvalue weighted by molar-refractivity contribution is -0.115. The molecule has 5 rings (SSSR count). The quantitative estimate of drug-likeness (QED) is 0.191. The van der Waals surface area contributed by atoms with Crippen molar-refractivity contribution >= 4 is 51.0 Å². The van der Waals surface area contributed by atoms with Gasteiger partial charge in [-0.05, 0) is 84.6 Å². The molecule has 1 aliphatic heterocycles. The summed E-state index contributed by atoms with van der Waals surface area (Å²) in [7, 11) is 1.74. The monoisotopic (exact) mass is 580 g/mol. The number of nitrogens with one attached hydrogen (secondary N) is 1. The maximum absolute atomic E-state index is 14.1. The number of rotatable bonds is 7. The molecule has 10 heteroatoms. The number of hydrogen-bond donors (Lipinski definition) is 1. The van der Waals surface area contributed by atoms with Crippen LogP contribution in [0.1, 0.15) is 24.5 Å². The number of allylic oxidation sites excluding steroid dienone is 1. The highest BCUT2D eigenvalue weighted by atomic mass is 35.5. The first-order valence-corrected chi connectivity index (χ1v) is 13.6. The zero-order chi connectivity index (χ0) is 28.6. The van der Waals surface area contributed by atoms with Gasteiger partial charge in [0, 0.05) is 23.0 Å². The van der Waals surface area contributed by atoms with Gasteiger partial charge in [-0.3, -0.25) is 19.7 Å². The molecule has 0 radical (unpaired) electrons. The van der Waals surface area contributed by atoms with E-state index in [9.17, 15) is 23.2 Å². The fourth-order valence-electron chi connectivity index (χ4n) is 4.67. The number of fused-ring (bicyclic) bond motifs is 1. The largest absolute Gasteiger partial charge is 0.487 e. The van der Waals surface area contributed by atoms with Crippen molar-refractivity contribution in [2.24, 2.45) is 7.05 Å². The molecule has 1 fully saturated rings. The van der Waals surface area contributed by atoms with Crippen LogP contribution in [0.5, 0.6) is 5.75 Å². The predicted octanol–water partition coefficient (Wildman–Crippen LogP) is 6.86. The molecule has 2 amide bonds. The first-order valence-electron chi connectivity index (χ1n) is 12.4. The van der Waals surface area contributed by atoms with Crippen LogP contribution in [-0.2, 0) is 18.3 Å². The summed E-state index contributed by atoms with van der Waals surface area (Å²) in [5.41, 5.74) is 3.19. The van der Waals surface area contributed by atoms with Crippen LogP contribution in [0.15, 0.2) is 70.4 Å². The molecule has 6 nitrogen and oxygen atoms in total. The minimum Gasteiger partial charge on any atom is -0.487 e. The number of amides is 2. The van der Waals surface area contributed by atoms with Gasteiger partial charge in [-0.25, -0.2) is 8.78 Å². The van der Waals surface area contributed by atoms with Gasteiger partial charge in [0.05, 0.1) is 22.7 Å². The average Bonchev–Trinajstić information content (AvgIpc) is 3.28. The molecule has 204 valence electrons. The number of ether oxygens (including phenoxy) is 1. The third-order valence-corrected chi connectivity index (χ3v) is 8.07. The Morgan fingerprint density at radius 1 is 1.02 bits per heavy atom. The zero-order valence-electron chi connectivity index (χ0n) is 21.5. The van der Waals surface area contributed by atoms with Gasteiger partial charge < -0.3 is 9.30 Å². The third kappa shape index (κ3) is 5.26. The number of para-hydroxylation sites is 1. The number of aryl methyl sites for hydroxylation is 2. The summed E-state index contributed by atoms with van der Waals surface area (Å²) in [5, 5.41) is 2.79. The summed E-state index contributed by atoms with van der Waals surface area (Å²) in [6.07, 6.45) is 1.05. The van der Waals surface area contributed by atoms with Crippen molar-refractivity contribution in [1.82, 2.24) is 9.88 Å². The second-order valence-corrected chi connectivity index (χ2v) is 10.7. The van der Waals surface area contributed by atoms with Crippen LogP contribution < -0.4 is 15.5 Å². The summed E-state index contributed by atoms with van der Waals surface area (Å²) < 4.78 is 35.5. The first-order chi connectivity index (χ1) is 19.2. The maximum Gasteiger partial charge on any atom is 0.290 e. The molecule has 4 aromatic rings. The van der Waals surface area contributed by atoms with Gasteiger partial charge in [-0.2, -0.15) is 0 Å². The van der Waals surface area contributed by atoms with Crippen LogP contribution >= 0.6 is 23.4 Å². The van der Waals surface area contributed by atoms with Crippen molar-refractivity contribution in [2.45, 2.75) is 19.8 Å². The Kier molecular flexibility index (Phi) is 7.78. The van der Waals surface area contributed by atoms with Crippen LogP contribution in [0, 0.1) is 11.6 Å². The smallest absolute Gasteiger partial charge is 0.290 e. The molecule has 2 heterocycles. The number of imide groups is 1. The van der Waals surface area contributed by atoms with E-state index >= 15 is 0 Å². The molecule has 0 aliphatic carbocycles. The van der Waals surface area contributed by atoms with E-state index in [-0.39, 0.29) is 17.8 Å².